The first-order valence-corrected chi connectivity index (χ1v) is 11.6. The molecule has 0 aromatic heterocycles. The Morgan fingerprint density at radius 2 is 1.77 bits per heavy atom. The van der Waals surface area contributed by atoms with Crippen LogP contribution in [0.5, 0.6) is 0 Å². The molecule has 0 bridgehead atoms. The lowest BCUT2D eigenvalue weighted by Gasteiger charge is -2.59. The summed E-state index contributed by atoms with van der Waals surface area (Å²) in [6, 6.07) is 1.52. The Balaban J connectivity index is 1.46. The highest BCUT2D eigenvalue weighted by Crippen LogP contribution is 2.67. The van der Waals surface area contributed by atoms with E-state index in [2.05, 4.69) is 25.2 Å². The molecule has 0 heterocycles. The maximum atomic E-state index is 10.4. The van der Waals surface area contributed by atoms with E-state index in [1.807, 2.05) is 0 Å². The molecule has 4 heteroatoms. The first kappa shape index (κ1) is 18.3. The normalized spacial score (nSPS) is 52.7. The van der Waals surface area contributed by atoms with Crippen molar-refractivity contribution in [1.82, 2.24) is 5.32 Å². The zero-order chi connectivity index (χ0) is 18.3. The van der Waals surface area contributed by atoms with Crippen LogP contribution in [0.15, 0.2) is 11.6 Å². The molecule has 2 N–H and O–H groups in total. The van der Waals surface area contributed by atoms with Gasteiger partial charge in [-0.1, -0.05) is 43.1 Å². The zero-order valence-electron chi connectivity index (χ0n) is 16.1. The summed E-state index contributed by atoms with van der Waals surface area (Å²) in [6.07, 6.45) is 12.6. The Kier molecular flexibility index (Phi) is 4.13. The number of rotatable bonds is 2. The highest BCUT2D eigenvalue weighted by molar-refractivity contribution is 6.51. The van der Waals surface area contributed by atoms with Crippen LogP contribution in [0.2, 0.25) is 0 Å². The third-order valence-electron chi connectivity index (χ3n) is 9.19. The van der Waals surface area contributed by atoms with Crippen molar-refractivity contribution in [3.05, 3.63) is 11.6 Å². The van der Waals surface area contributed by atoms with Gasteiger partial charge in [0.15, 0.2) is 4.33 Å². The Bertz CT molecular complexity index is 630. The lowest BCUT2D eigenvalue weighted by molar-refractivity contribution is -0.0451. The van der Waals surface area contributed by atoms with Gasteiger partial charge in [0.2, 0.25) is 0 Å². The van der Waals surface area contributed by atoms with Gasteiger partial charge < -0.3 is 10.4 Å². The number of allylic oxidation sites excluding steroid dienone is 1. The maximum absolute atomic E-state index is 10.4. The van der Waals surface area contributed by atoms with Gasteiger partial charge in [0.25, 0.3) is 0 Å². The van der Waals surface area contributed by atoms with Crippen molar-refractivity contribution < 1.29 is 5.11 Å². The molecule has 2 unspecified atom stereocenters. The monoisotopic (exact) mass is 397 g/mol. The first-order valence-electron chi connectivity index (χ1n) is 10.8. The molecule has 5 rings (SSSR count). The van der Waals surface area contributed by atoms with Gasteiger partial charge in [0.05, 0.1) is 6.10 Å². The molecule has 5 aliphatic rings. The van der Waals surface area contributed by atoms with Crippen LogP contribution in [0.3, 0.4) is 0 Å². The molecule has 0 radical (unpaired) electrons. The average Bonchev–Trinajstić information content (AvgIpc) is 3.34. The molecule has 0 spiro atoms. The van der Waals surface area contributed by atoms with Crippen LogP contribution in [-0.4, -0.2) is 27.6 Å². The number of nitrogens with one attached hydrogen (secondary N) is 1. The second-order valence-electron chi connectivity index (χ2n) is 10.4. The fourth-order valence-electron chi connectivity index (χ4n) is 7.54. The summed E-state index contributed by atoms with van der Waals surface area (Å²) in [6.45, 7) is 4.96. The topological polar surface area (TPSA) is 32.3 Å². The van der Waals surface area contributed by atoms with E-state index in [-0.39, 0.29) is 5.41 Å². The van der Waals surface area contributed by atoms with Crippen LogP contribution >= 0.6 is 23.2 Å². The molecule has 0 saturated heterocycles. The van der Waals surface area contributed by atoms with E-state index in [0.717, 1.165) is 42.7 Å². The predicted molar refractivity (Wildman–Crippen MR) is 107 cm³/mol. The highest BCUT2D eigenvalue weighted by atomic mass is 35.5. The van der Waals surface area contributed by atoms with E-state index in [1.54, 1.807) is 0 Å². The molecule has 2 nitrogen and oxygen atoms in total. The van der Waals surface area contributed by atoms with Crippen molar-refractivity contribution in [2.24, 2.45) is 28.6 Å². The quantitative estimate of drug-likeness (QED) is 0.494. The van der Waals surface area contributed by atoms with E-state index >= 15 is 0 Å². The number of halogens is 2. The third kappa shape index (κ3) is 2.44. The van der Waals surface area contributed by atoms with Crippen LogP contribution < -0.4 is 5.32 Å². The summed E-state index contributed by atoms with van der Waals surface area (Å²) in [4.78, 5) is 0. The molecule has 26 heavy (non-hydrogen) atoms. The van der Waals surface area contributed by atoms with Gasteiger partial charge in [-0.05, 0) is 91.9 Å². The van der Waals surface area contributed by atoms with Gasteiger partial charge in [0.1, 0.15) is 0 Å². The largest absolute Gasteiger partial charge is 0.390 e. The Morgan fingerprint density at radius 3 is 2.50 bits per heavy atom. The number of hydrogen-bond acceptors (Lipinski definition) is 2. The Morgan fingerprint density at radius 1 is 1.00 bits per heavy atom. The van der Waals surface area contributed by atoms with Crippen LogP contribution in [0.1, 0.15) is 71.6 Å². The third-order valence-corrected chi connectivity index (χ3v) is 10.1. The van der Waals surface area contributed by atoms with Crippen molar-refractivity contribution in [1.29, 1.82) is 0 Å². The SMILES string of the molecule is C[C@]12CCC(O)C(Cl)(Cl)C1=CC[C@@H]1[C@H]2CC[C@]2(C)C(NC3CC3)CC[C@@H]12. The Hall–Kier alpha value is 0.240. The fourth-order valence-corrected chi connectivity index (χ4v) is 8.34. The van der Waals surface area contributed by atoms with Crippen molar-refractivity contribution in [3.63, 3.8) is 0 Å². The average molecular weight is 398 g/mol. The number of alkyl halides is 2. The zero-order valence-corrected chi connectivity index (χ0v) is 17.6. The molecular weight excluding hydrogens is 365 g/mol. The van der Waals surface area contributed by atoms with Gasteiger partial charge in [-0.25, -0.2) is 0 Å². The summed E-state index contributed by atoms with van der Waals surface area (Å²) < 4.78 is -1.09. The minimum absolute atomic E-state index is 0.0645. The van der Waals surface area contributed by atoms with Gasteiger partial charge in [-0.2, -0.15) is 0 Å². The Labute approximate surface area is 168 Å². The van der Waals surface area contributed by atoms with Crippen LogP contribution in [0.25, 0.3) is 0 Å². The number of aliphatic hydroxyl groups is 1. The van der Waals surface area contributed by atoms with Crippen LogP contribution in [-0.2, 0) is 0 Å². The van der Waals surface area contributed by atoms with Gasteiger partial charge >= 0.3 is 0 Å². The number of hydrogen-bond donors (Lipinski definition) is 2. The van der Waals surface area contributed by atoms with E-state index in [1.165, 1.54) is 38.5 Å². The summed E-state index contributed by atoms with van der Waals surface area (Å²) in [5.41, 5.74) is 1.65. The molecule has 7 atom stereocenters. The fraction of sp³-hybridized carbons (Fsp3) is 0.909. The summed E-state index contributed by atoms with van der Waals surface area (Å²) in [5.74, 6) is 2.25. The van der Waals surface area contributed by atoms with Gasteiger partial charge in [-0.3, -0.25) is 0 Å². The first-order chi connectivity index (χ1) is 12.3. The van der Waals surface area contributed by atoms with Crippen LogP contribution in [0, 0.1) is 28.6 Å². The van der Waals surface area contributed by atoms with E-state index in [9.17, 15) is 5.11 Å². The van der Waals surface area contributed by atoms with Crippen molar-refractivity contribution in [2.75, 3.05) is 0 Å². The second kappa shape index (κ2) is 5.88. The molecule has 4 fully saturated rings. The highest BCUT2D eigenvalue weighted by Gasteiger charge is 2.62. The van der Waals surface area contributed by atoms with E-state index < -0.39 is 10.4 Å². The molecule has 0 aromatic carbocycles. The lowest BCUT2D eigenvalue weighted by Crippen LogP contribution is -2.56. The minimum atomic E-state index is -1.09. The predicted octanol–water partition coefficient (Wildman–Crippen LogP) is 5.21. The summed E-state index contributed by atoms with van der Waals surface area (Å²) in [7, 11) is 0. The molecule has 0 aromatic rings. The number of aliphatic hydroxyl groups excluding tert-OH is 1. The van der Waals surface area contributed by atoms with Gasteiger partial charge in [0, 0.05) is 12.1 Å². The van der Waals surface area contributed by atoms with E-state index in [4.69, 9.17) is 23.2 Å². The molecular formula is C22H33Cl2NO. The molecule has 146 valence electrons. The second-order valence-corrected chi connectivity index (χ2v) is 11.8. The molecule has 0 amide bonds. The van der Waals surface area contributed by atoms with Crippen molar-refractivity contribution >= 4 is 23.2 Å². The van der Waals surface area contributed by atoms with Crippen LogP contribution in [0.4, 0.5) is 0 Å². The van der Waals surface area contributed by atoms with Crippen molar-refractivity contribution in [2.45, 2.75) is 94.2 Å². The summed E-state index contributed by atoms with van der Waals surface area (Å²) >= 11 is 13.4. The lowest BCUT2D eigenvalue weighted by atomic mass is 9.47. The standard InChI is InChI=1S/C22H33Cl2NO/c1-20-12-10-19(26)22(23,24)17(20)7-5-14-15-6-8-18(25-13-3-4-13)21(15,2)11-9-16(14)20/h7,13-16,18-19,25-26H,3-6,8-12H2,1-2H3/t14-,15-,16+,18?,19?,20+,21-/m0/s1. The van der Waals surface area contributed by atoms with Gasteiger partial charge in [-0.15, -0.1) is 0 Å². The van der Waals surface area contributed by atoms with E-state index in [0.29, 0.717) is 17.4 Å². The number of fused-ring (bicyclic) bond motifs is 5. The van der Waals surface area contributed by atoms with Crippen molar-refractivity contribution in [3.8, 4) is 0 Å². The molecule has 4 saturated carbocycles. The summed E-state index contributed by atoms with van der Waals surface area (Å²) in [5, 5.41) is 14.4. The minimum Gasteiger partial charge on any atom is -0.390 e. The molecule has 0 aliphatic heterocycles. The smallest absolute Gasteiger partial charge is 0.165 e. The maximum Gasteiger partial charge on any atom is 0.165 e. The molecule has 5 aliphatic carbocycles.